The maximum atomic E-state index is 13.0. The minimum atomic E-state index is -0.178. The van der Waals surface area contributed by atoms with Crippen molar-refractivity contribution in [2.75, 3.05) is 26.2 Å². The van der Waals surface area contributed by atoms with E-state index in [0.29, 0.717) is 31.7 Å². The Kier molecular flexibility index (Phi) is 6.19. The van der Waals surface area contributed by atoms with Crippen molar-refractivity contribution in [3.05, 3.63) is 53.9 Å². The van der Waals surface area contributed by atoms with Crippen molar-refractivity contribution in [1.29, 1.82) is 0 Å². The van der Waals surface area contributed by atoms with E-state index < -0.39 is 0 Å². The molecule has 1 unspecified atom stereocenters. The van der Waals surface area contributed by atoms with Crippen LogP contribution in [0.3, 0.4) is 0 Å². The monoisotopic (exact) mass is 366 g/mol. The zero-order valence-electron chi connectivity index (χ0n) is 15.6. The molecule has 1 aliphatic rings. The van der Waals surface area contributed by atoms with E-state index in [4.69, 9.17) is 5.73 Å². The number of amides is 2. The SMILES string of the molecule is Cc1ccc(-c2cncc(C(=O)N3CCCC(C(=O)NCCN)C3)c2)cc1. The van der Waals surface area contributed by atoms with Crippen molar-refractivity contribution in [3.63, 3.8) is 0 Å². The number of hydrogen-bond donors (Lipinski definition) is 2. The lowest BCUT2D eigenvalue weighted by Crippen LogP contribution is -2.46. The Morgan fingerprint density at radius 3 is 2.74 bits per heavy atom. The molecule has 0 saturated carbocycles. The lowest BCUT2D eigenvalue weighted by atomic mass is 9.96. The molecule has 0 bridgehead atoms. The van der Waals surface area contributed by atoms with E-state index in [0.717, 1.165) is 24.0 Å². The molecule has 1 aromatic carbocycles. The van der Waals surface area contributed by atoms with Crippen LogP contribution in [0.15, 0.2) is 42.7 Å². The highest BCUT2D eigenvalue weighted by molar-refractivity contribution is 5.95. The van der Waals surface area contributed by atoms with E-state index in [1.807, 2.05) is 37.3 Å². The highest BCUT2D eigenvalue weighted by Crippen LogP contribution is 2.23. The number of hydrogen-bond acceptors (Lipinski definition) is 4. The van der Waals surface area contributed by atoms with Gasteiger partial charge in [0, 0.05) is 44.1 Å². The summed E-state index contributed by atoms with van der Waals surface area (Å²) in [6, 6.07) is 10.0. The lowest BCUT2D eigenvalue weighted by Gasteiger charge is -2.32. The summed E-state index contributed by atoms with van der Waals surface area (Å²) in [6.45, 7) is 4.01. The van der Waals surface area contributed by atoms with Crippen molar-refractivity contribution in [2.45, 2.75) is 19.8 Å². The van der Waals surface area contributed by atoms with Crippen molar-refractivity contribution in [3.8, 4) is 11.1 Å². The van der Waals surface area contributed by atoms with E-state index in [2.05, 4.69) is 10.3 Å². The van der Waals surface area contributed by atoms with Crippen LogP contribution in [0, 0.1) is 12.8 Å². The van der Waals surface area contributed by atoms with Crippen molar-refractivity contribution >= 4 is 11.8 Å². The summed E-state index contributed by atoms with van der Waals surface area (Å²) >= 11 is 0. The van der Waals surface area contributed by atoms with Crippen LogP contribution in [0.25, 0.3) is 11.1 Å². The maximum absolute atomic E-state index is 13.0. The predicted molar refractivity (Wildman–Crippen MR) is 105 cm³/mol. The fraction of sp³-hybridized carbons (Fsp3) is 0.381. The first kappa shape index (κ1) is 19.0. The smallest absolute Gasteiger partial charge is 0.255 e. The normalized spacial score (nSPS) is 16.8. The van der Waals surface area contributed by atoms with E-state index >= 15 is 0 Å². The zero-order chi connectivity index (χ0) is 19.2. The van der Waals surface area contributed by atoms with Crippen LogP contribution >= 0.6 is 0 Å². The molecule has 3 N–H and O–H groups in total. The molecule has 1 fully saturated rings. The molecule has 6 nitrogen and oxygen atoms in total. The Labute approximate surface area is 159 Å². The van der Waals surface area contributed by atoms with Gasteiger partial charge in [-0.1, -0.05) is 29.8 Å². The quantitative estimate of drug-likeness (QED) is 0.847. The largest absolute Gasteiger partial charge is 0.355 e. The first-order valence-electron chi connectivity index (χ1n) is 9.37. The first-order chi connectivity index (χ1) is 13.1. The summed E-state index contributed by atoms with van der Waals surface area (Å²) in [7, 11) is 0. The van der Waals surface area contributed by atoms with Crippen LogP contribution in [-0.2, 0) is 4.79 Å². The number of nitrogens with zero attached hydrogens (tertiary/aromatic N) is 2. The highest BCUT2D eigenvalue weighted by Gasteiger charge is 2.28. The molecule has 1 aromatic heterocycles. The van der Waals surface area contributed by atoms with E-state index in [9.17, 15) is 9.59 Å². The van der Waals surface area contributed by atoms with Gasteiger partial charge in [-0.3, -0.25) is 14.6 Å². The van der Waals surface area contributed by atoms with Gasteiger partial charge in [0.2, 0.25) is 5.91 Å². The van der Waals surface area contributed by atoms with Gasteiger partial charge in [-0.25, -0.2) is 0 Å². The number of nitrogens with one attached hydrogen (secondary N) is 1. The second-order valence-corrected chi connectivity index (χ2v) is 7.00. The number of carbonyl (C=O) groups is 2. The van der Waals surface area contributed by atoms with Crippen LogP contribution in [0.2, 0.25) is 0 Å². The van der Waals surface area contributed by atoms with Crippen molar-refractivity contribution in [2.24, 2.45) is 11.7 Å². The van der Waals surface area contributed by atoms with E-state index in [1.165, 1.54) is 5.56 Å². The number of pyridine rings is 1. The fourth-order valence-electron chi connectivity index (χ4n) is 3.36. The Morgan fingerprint density at radius 2 is 2.00 bits per heavy atom. The minimum absolute atomic E-state index is 0.0236. The third-order valence-corrected chi connectivity index (χ3v) is 4.89. The average Bonchev–Trinajstić information content (AvgIpc) is 2.72. The molecule has 0 spiro atoms. The Morgan fingerprint density at radius 1 is 1.22 bits per heavy atom. The van der Waals surface area contributed by atoms with Gasteiger partial charge in [-0.2, -0.15) is 0 Å². The number of piperidine rings is 1. The molecule has 3 rings (SSSR count). The van der Waals surface area contributed by atoms with E-state index in [-0.39, 0.29) is 17.7 Å². The van der Waals surface area contributed by atoms with Crippen molar-refractivity contribution < 1.29 is 9.59 Å². The standard InChI is InChI=1S/C21H26N4O2/c1-15-4-6-16(7-5-15)18-11-19(13-23-12-18)21(27)25-10-2-3-17(14-25)20(26)24-9-8-22/h4-7,11-13,17H,2-3,8-10,14,22H2,1H3,(H,24,26). The van der Waals surface area contributed by atoms with Gasteiger partial charge in [0.25, 0.3) is 5.91 Å². The number of likely N-dealkylation sites (tertiary alicyclic amines) is 1. The average molecular weight is 366 g/mol. The van der Waals surface area contributed by atoms with Gasteiger partial charge in [-0.15, -0.1) is 0 Å². The summed E-state index contributed by atoms with van der Waals surface area (Å²) in [4.78, 5) is 31.2. The molecular formula is C21H26N4O2. The number of aryl methyl sites for hydroxylation is 1. The second kappa shape index (κ2) is 8.77. The predicted octanol–water partition coefficient (Wildman–Crippen LogP) is 1.98. The molecule has 2 aromatic rings. The molecule has 6 heteroatoms. The second-order valence-electron chi connectivity index (χ2n) is 7.00. The Bertz CT molecular complexity index is 804. The summed E-state index contributed by atoms with van der Waals surface area (Å²) < 4.78 is 0. The molecular weight excluding hydrogens is 340 g/mol. The van der Waals surface area contributed by atoms with Crippen LogP contribution in [0.5, 0.6) is 0 Å². The summed E-state index contributed by atoms with van der Waals surface area (Å²) in [5.41, 5.74) is 9.12. The molecule has 27 heavy (non-hydrogen) atoms. The molecule has 142 valence electrons. The number of rotatable bonds is 5. The van der Waals surface area contributed by atoms with Gasteiger partial charge in [0.05, 0.1) is 11.5 Å². The molecule has 1 saturated heterocycles. The maximum Gasteiger partial charge on any atom is 0.255 e. The van der Waals surface area contributed by atoms with Gasteiger partial charge >= 0.3 is 0 Å². The number of aromatic nitrogens is 1. The van der Waals surface area contributed by atoms with Crippen LogP contribution in [-0.4, -0.2) is 47.9 Å². The van der Waals surface area contributed by atoms with Crippen LogP contribution < -0.4 is 11.1 Å². The summed E-state index contributed by atoms with van der Waals surface area (Å²) in [5.74, 6) is -0.278. The van der Waals surface area contributed by atoms with Crippen molar-refractivity contribution in [1.82, 2.24) is 15.2 Å². The molecule has 1 aliphatic heterocycles. The topological polar surface area (TPSA) is 88.3 Å². The van der Waals surface area contributed by atoms with Gasteiger partial charge in [-0.05, 0) is 31.4 Å². The third-order valence-electron chi connectivity index (χ3n) is 4.89. The number of carbonyl (C=O) groups excluding carboxylic acids is 2. The molecule has 2 heterocycles. The molecule has 2 amide bonds. The summed E-state index contributed by atoms with van der Waals surface area (Å²) in [5, 5.41) is 2.82. The lowest BCUT2D eigenvalue weighted by molar-refractivity contribution is -0.126. The Hall–Kier alpha value is -2.73. The molecule has 0 radical (unpaired) electrons. The molecule has 1 atom stereocenters. The first-order valence-corrected chi connectivity index (χ1v) is 9.37. The van der Waals surface area contributed by atoms with Gasteiger partial charge < -0.3 is 16.0 Å². The number of nitrogens with two attached hydrogens (primary N) is 1. The van der Waals surface area contributed by atoms with Crippen LogP contribution in [0.1, 0.15) is 28.8 Å². The molecule has 0 aliphatic carbocycles. The minimum Gasteiger partial charge on any atom is -0.355 e. The fourth-order valence-corrected chi connectivity index (χ4v) is 3.36. The Balaban J connectivity index is 1.72. The summed E-state index contributed by atoms with van der Waals surface area (Å²) in [6.07, 6.45) is 4.97. The number of benzene rings is 1. The van der Waals surface area contributed by atoms with Crippen LogP contribution in [0.4, 0.5) is 0 Å². The van der Waals surface area contributed by atoms with Gasteiger partial charge in [0.1, 0.15) is 0 Å². The van der Waals surface area contributed by atoms with Gasteiger partial charge in [0.15, 0.2) is 0 Å². The van der Waals surface area contributed by atoms with E-state index in [1.54, 1.807) is 17.3 Å². The highest BCUT2D eigenvalue weighted by atomic mass is 16.2. The zero-order valence-corrected chi connectivity index (χ0v) is 15.6. The third kappa shape index (κ3) is 4.71.